The van der Waals surface area contributed by atoms with Gasteiger partial charge in [-0.1, -0.05) is 6.07 Å². The molecule has 9 heteroatoms. The fourth-order valence-corrected chi connectivity index (χ4v) is 4.59. The predicted molar refractivity (Wildman–Crippen MR) is 133 cm³/mol. The number of piperazine rings is 1. The van der Waals surface area contributed by atoms with Gasteiger partial charge in [-0.2, -0.15) is 0 Å². The molecule has 1 atom stereocenters. The van der Waals surface area contributed by atoms with E-state index in [0.717, 1.165) is 60.8 Å². The number of carbonyl (C=O) groups excluding carboxylic acids is 1. The van der Waals surface area contributed by atoms with Gasteiger partial charge in [0, 0.05) is 70.5 Å². The first-order valence-electron chi connectivity index (χ1n) is 11.5. The third-order valence-corrected chi connectivity index (χ3v) is 6.45. The number of amides is 1. The van der Waals surface area contributed by atoms with E-state index >= 15 is 0 Å². The van der Waals surface area contributed by atoms with E-state index in [1.54, 1.807) is 12.0 Å². The second-order valence-corrected chi connectivity index (χ2v) is 8.87. The van der Waals surface area contributed by atoms with Crippen molar-refractivity contribution in [2.24, 2.45) is 0 Å². The molecule has 9 nitrogen and oxygen atoms in total. The van der Waals surface area contributed by atoms with Crippen LogP contribution in [0.3, 0.4) is 0 Å². The van der Waals surface area contributed by atoms with Gasteiger partial charge in [0.1, 0.15) is 11.6 Å². The Morgan fingerprint density at radius 1 is 1.12 bits per heavy atom. The molecule has 2 aromatic heterocycles. The number of hydrogen-bond acceptors (Lipinski definition) is 8. The standard InChI is InChI=1S/C25H30N6O3/c1-28(2)18-5-4-6-19(15-18)31-17-20(34-25(31)32)16-29-11-13-30(14-12-29)22-9-10-26-21-7-8-23(33-3)27-24(21)22/h4-10,15,20H,11-14,16-17H2,1-3H3/t20-/m1/s1. The zero-order chi connectivity index (χ0) is 23.7. The Morgan fingerprint density at radius 2 is 1.94 bits per heavy atom. The molecule has 1 aromatic carbocycles. The first kappa shape index (κ1) is 22.2. The summed E-state index contributed by atoms with van der Waals surface area (Å²) in [7, 11) is 5.61. The quantitative estimate of drug-likeness (QED) is 0.554. The number of rotatable bonds is 6. The molecule has 0 N–H and O–H groups in total. The van der Waals surface area contributed by atoms with Gasteiger partial charge in [-0.3, -0.25) is 14.8 Å². The number of hydrogen-bond donors (Lipinski definition) is 0. The summed E-state index contributed by atoms with van der Waals surface area (Å²) in [6.07, 6.45) is 1.41. The van der Waals surface area contributed by atoms with Crippen LogP contribution in [-0.4, -0.2) is 87.5 Å². The lowest BCUT2D eigenvalue weighted by Gasteiger charge is -2.36. The Balaban J connectivity index is 1.21. The van der Waals surface area contributed by atoms with Crippen LogP contribution in [0, 0.1) is 0 Å². The van der Waals surface area contributed by atoms with Crippen LogP contribution in [0.15, 0.2) is 48.7 Å². The summed E-state index contributed by atoms with van der Waals surface area (Å²) in [5.41, 5.74) is 4.71. The van der Waals surface area contributed by atoms with Gasteiger partial charge in [-0.15, -0.1) is 0 Å². The van der Waals surface area contributed by atoms with Crippen molar-refractivity contribution in [3.05, 3.63) is 48.7 Å². The van der Waals surface area contributed by atoms with Crippen molar-refractivity contribution in [1.29, 1.82) is 0 Å². The molecule has 2 fully saturated rings. The molecular weight excluding hydrogens is 432 g/mol. The number of methoxy groups -OCH3 is 1. The highest BCUT2D eigenvalue weighted by Crippen LogP contribution is 2.28. The molecule has 2 saturated heterocycles. The minimum Gasteiger partial charge on any atom is -0.481 e. The molecule has 3 aromatic rings. The Hall–Kier alpha value is -3.59. The van der Waals surface area contributed by atoms with Crippen LogP contribution in [0.2, 0.25) is 0 Å². The normalized spacial score (nSPS) is 18.9. The fourth-order valence-electron chi connectivity index (χ4n) is 4.59. The lowest BCUT2D eigenvalue weighted by atomic mass is 10.2. The smallest absolute Gasteiger partial charge is 0.414 e. The number of carbonyl (C=O) groups is 1. The van der Waals surface area contributed by atoms with Crippen molar-refractivity contribution in [2.45, 2.75) is 6.10 Å². The maximum atomic E-state index is 12.6. The number of pyridine rings is 2. The largest absolute Gasteiger partial charge is 0.481 e. The van der Waals surface area contributed by atoms with Crippen molar-refractivity contribution in [2.75, 3.05) is 75.2 Å². The number of aromatic nitrogens is 2. The minimum atomic E-state index is -0.275. The molecule has 178 valence electrons. The summed E-state index contributed by atoms with van der Waals surface area (Å²) in [5, 5.41) is 0. The molecule has 5 rings (SSSR count). The van der Waals surface area contributed by atoms with E-state index in [-0.39, 0.29) is 12.2 Å². The number of benzene rings is 1. The van der Waals surface area contributed by atoms with Gasteiger partial charge in [0.25, 0.3) is 0 Å². The highest BCUT2D eigenvalue weighted by atomic mass is 16.6. The molecule has 2 aliphatic rings. The Kier molecular flexibility index (Phi) is 6.10. The summed E-state index contributed by atoms with van der Waals surface area (Å²) >= 11 is 0. The van der Waals surface area contributed by atoms with Crippen LogP contribution in [0.4, 0.5) is 21.9 Å². The Labute approximate surface area is 199 Å². The average molecular weight is 463 g/mol. The second kappa shape index (κ2) is 9.34. The molecule has 1 amide bonds. The molecule has 34 heavy (non-hydrogen) atoms. The van der Waals surface area contributed by atoms with Crippen molar-refractivity contribution in [3.63, 3.8) is 0 Å². The number of ether oxygens (including phenoxy) is 2. The lowest BCUT2D eigenvalue weighted by Crippen LogP contribution is -2.49. The van der Waals surface area contributed by atoms with E-state index in [0.29, 0.717) is 12.4 Å². The highest BCUT2D eigenvalue weighted by molar-refractivity contribution is 5.90. The number of nitrogens with zero attached hydrogens (tertiary/aromatic N) is 6. The number of fused-ring (bicyclic) bond motifs is 1. The van der Waals surface area contributed by atoms with Gasteiger partial charge in [0.05, 0.1) is 24.9 Å². The van der Waals surface area contributed by atoms with Crippen molar-refractivity contribution >= 4 is 34.2 Å². The summed E-state index contributed by atoms with van der Waals surface area (Å²) in [5.74, 6) is 0.587. The third-order valence-electron chi connectivity index (χ3n) is 6.45. The SMILES string of the molecule is COc1ccc2nccc(N3CCN(C[C@@H]4CN(c5cccc(N(C)C)c5)C(=O)O4)CC3)c2n1. The van der Waals surface area contributed by atoms with Crippen LogP contribution in [0.1, 0.15) is 0 Å². The maximum absolute atomic E-state index is 12.6. The van der Waals surface area contributed by atoms with Gasteiger partial charge in [-0.25, -0.2) is 9.78 Å². The van der Waals surface area contributed by atoms with Crippen LogP contribution in [0.25, 0.3) is 11.0 Å². The Bertz CT molecular complexity index is 1180. The second-order valence-electron chi connectivity index (χ2n) is 8.87. The van der Waals surface area contributed by atoms with Gasteiger partial charge >= 0.3 is 6.09 Å². The molecule has 0 saturated carbocycles. The lowest BCUT2D eigenvalue weighted by molar-refractivity contribution is 0.106. The summed E-state index contributed by atoms with van der Waals surface area (Å²) in [6.45, 7) is 4.80. The molecule has 2 aliphatic heterocycles. The van der Waals surface area contributed by atoms with E-state index < -0.39 is 0 Å². The molecule has 0 spiro atoms. The van der Waals surface area contributed by atoms with Gasteiger partial charge < -0.3 is 19.3 Å². The van der Waals surface area contributed by atoms with E-state index in [2.05, 4.69) is 19.8 Å². The minimum absolute atomic E-state index is 0.144. The zero-order valence-electron chi connectivity index (χ0n) is 19.8. The van der Waals surface area contributed by atoms with Gasteiger partial charge in [0.15, 0.2) is 0 Å². The van der Waals surface area contributed by atoms with Crippen LogP contribution < -0.4 is 19.4 Å². The third kappa shape index (κ3) is 4.43. The molecule has 0 bridgehead atoms. The predicted octanol–water partition coefficient (Wildman–Crippen LogP) is 2.85. The maximum Gasteiger partial charge on any atom is 0.414 e. The van der Waals surface area contributed by atoms with Gasteiger partial charge in [0.2, 0.25) is 5.88 Å². The van der Waals surface area contributed by atoms with Crippen molar-refractivity contribution < 1.29 is 14.3 Å². The topological polar surface area (TPSA) is 74.3 Å². The van der Waals surface area contributed by atoms with Crippen LogP contribution in [-0.2, 0) is 4.74 Å². The van der Waals surface area contributed by atoms with E-state index in [1.165, 1.54) is 0 Å². The first-order valence-corrected chi connectivity index (χ1v) is 11.5. The summed E-state index contributed by atoms with van der Waals surface area (Å²) < 4.78 is 11.0. The zero-order valence-corrected chi connectivity index (χ0v) is 19.8. The summed E-state index contributed by atoms with van der Waals surface area (Å²) in [4.78, 5) is 30.1. The first-order chi connectivity index (χ1) is 16.5. The number of cyclic esters (lactones) is 1. The molecule has 0 unspecified atom stereocenters. The highest BCUT2D eigenvalue weighted by Gasteiger charge is 2.34. The van der Waals surface area contributed by atoms with E-state index in [9.17, 15) is 4.79 Å². The van der Waals surface area contributed by atoms with Gasteiger partial charge in [-0.05, 0) is 30.3 Å². The number of anilines is 3. The fraction of sp³-hybridized carbons (Fsp3) is 0.400. The van der Waals surface area contributed by atoms with Crippen LogP contribution in [0.5, 0.6) is 5.88 Å². The van der Waals surface area contributed by atoms with Crippen molar-refractivity contribution in [3.8, 4) is 5.88 Å². The van der Waals surface area contributed by atoms with Crippen molar-refractivity contribution in [1.82, 2.24) is 14.9 Å². The Morgan fingerprint density at radius 3 is 2.71 bits per heavy atom. The monoisotopic (exact) mass is 462 g/mol. The molecule has 0 radical (unpaired) electrons. The molecule has 4 heterocycles. The van der Waals surface area contributed by atoms with E-state index in [1.807, 2.05) is 67.7 Å². The molecular formula is C25H30N6O3. The summed E-state index contributed by atoms with van der Waals surface area (Å²) in [6, 6.07) is 13.8. The average Bonchev–Trinajstić information content (AvgIpc) is 3.23. The molecule has 0 aliphatic carbocycles. The van der Waals surface area contributed by atoms with Crippen LogP contribution >= 0.6 is 0 Å². The van der Waals surface area contributed by atoms with E-state index in [4.69, 9.17) is 9.47 Å².